The number of aliphatic hydroxyl groups excluding tert-OH is 1. The number of halogens is 2. The number of rotatable bonds is 4. The zero-order chi connectivity index (χ0) is 13.2. The Labute approximate surface area is 101 Å². The van der Waals surface area contributed by atoms with Gasteiger partial charge in [0.2, 0.25) is 0 Å². The smallest absolute Gasteiger partial charge is 0.337 e. The van der Waals surface area contributed by atoms with E-state index in [1.54, 1.807) is 0 Å². The monoisotopic (exact) mass is 264 g/mol. The summed E-state index contributed by atoms with van der Waals surface area (Å²) < 4.78 is 23.4. The van der Waals surface area contributed by atoms with E-state index in [1.807, 2.05) is 0 Å². The first-order valence-electron chi connectivity index (χ1n) is 4.44. The molecule has 1 aromatic rings. The fourth-order valence-corrected chi connectivity index (χ4v) is 1.54. The highest BCUT2D eigenvalue weighted by atomic mass is 35.5. The van der Waals surface area contributed by atoms with Crippen molar-refractivity contribution in [1.29, 1.82) is 0 Å². The average molecular weight is 265 g/mol. The van der Waals surface area contributed by atoms with E-state index in [9.17, 15) is 14.3 Å². The summed E-state index contributed by atoms with van der Waals surface area (Å²) in [5.41, 5.74) is -0.565. The van der Waals surface area contributed by atoms with Gasteiger partial charge in [0.15, 0.2) is 23.4 Å². The fourth-order valence-electron chi connectivity index (χ4n) is 1.33. The van der Waals surface area contributed by atoms with Gasteiger partial charge < -0.3 is 19.7 Å². The van der Waals surface area contributed by atoms with Gasteiger partial charge in [0.05, 0.1) is 24.8 Å². The van der Waals surface area contributed by atoms with E-state index in [0.29, 0.717) is 0 Å². The van der Waals surface area contributed by atoms with Crippen LogP contribution < -0.4 is 9.47 Å². The van der Waals surface area contributed by atoms with E-state index >= 15 is 0 Å². The first-order valence-corrected chi connectivity index (χ1v) is 4.82. The zero-order valence-corrected chi connectivity index (χ0v) is 9.79. The van der Waals surface area contributed by atoms with Crippen LogP contribution >= 0.6 is 11.6 Å². The maximum Gasteiger partial charge on any atom is 0.337 e. The molecule has 1 aromatic carbocycles. The van der Waals surface area contributed by atoms with Gasteiger partial charge in [-0.2, -0.15) is 0 Å². The van der Waals surface area contributed by atoms with Crippen LogP contribution in [0.2, 0.25) is 5.02 Å². The van der Waals surface area contributed by atoms with Gasteiger partial charge in [0, 0.05) is 6.07 Å². The minimum Gasteiger partial charge on any atom is -0.493 e. The molecular weight excluding hydrogens is 255 g/mol. The van der Waals surface area contributed by atoms with Gasteiger partial charge in [-0.05, 0) is 0 Å². The lowest BCUT2D eigenvalue weighted by molar-refractivity contribution is -0.147. The molecule has 0 bridgehead atoms. The summed E-state index contributed by atoms with van der Waals surface area (Å²) in [5.74, 6) is -2.84. The van der Waals surface area contributed by atoms with Gasteiger partial charge in [-0.3, -0.25) is 0 Å². The first-order chi connectivity index (χ1) is 7.93. The van der Waals surface area contributed by atoms with Gasteiger partial charge >= 0.3 is 5.97 Å². The van der Waals surface area contributed by atoms with Gasteiger partial charge in [-0.1, -0.05) is 11.6 Å². The number of benzene rings is 1. The summed E-state index contributed by atoms with van der Waals surface area (Å²) in [7, 11) is 2.48. The molecule has 1 rings (SSSR count). The largest absolute Gasteiger partial charge is 0.493 e. The minimum atomic E-state index is -2.09. The number of hydrogen-bond acceptors (Lipinski definition) is 4. The predicted octanol–water partition coefficient (Wildman–Crippen LogP) is 1.61. The molecule has 94 valence electrons. The van der Waals surface area contributed by atoms with Crippen molar-refractivity contribution in [3.8, 4) is 11.5 Å². The molecule has 0 aliphatic rings. The number of aliphatic carboxylic acids is 1. The molecule has 0 aliphatic heterocycles. The maximum atomic E-state index is 13.7. The van der Waals surface area contributed by atoms with Crippen molar-refractivity contribution < 1.29 is 28.9 Å². The number of carbonyl (C=O) groups is 1. The Balaban J connectivity index is 3.53. The van der Waals surface area contributed by atoms with Crippen molar-refractivity contribution in [3.05, 3.63) is 22.5 Å². The van der Waals surface area contributed by atoms with E-state index in [4.69, 9.17) is 26.2 Å². The predicted molar refractivity (Wildman–Crippen MR) is 57.1 cm³/mol. The van der Waals surface area contributed by atoms with Crippen LogP contribution in [-0.4, -0.2) is 30.4 Å². The molecule has 7 heteroatoms. The second kappa shape index (κ2) is 5.20. The Bertz CT molecular complexity index is 449. The number of carboxylic acids is 1. The Hall–Kier alpha value is -1.53. The SMILES string of the molecule is COc1cc(Cl)c(F)c(C(O)C(=O)O)c1OC. The van der Waals surface area contributed by atoms with E-state index < -0.39 is 23.5 Å². The van der Waals surface area contributed by atoms with Crippen LogP contribution in [0.25, 0.3) is 0 Å². The van der Waals surface area contributed by atoms with Crippen molar-refractivity contribution in [1.82, 2.24) is 0 Å². The lowest BCUT2D eigenvalue weighted by Crippen LogP contribution is -2.14. The number of methoxy groups -OCH3 is 2. The second-order valence-corrected chi connectivity index (χ2v) is 3.47. The first kappa shape index (κ1) is 13.5. The summed E-state index contributed by atoms with van der Waals surface area (Å²) >= 11 is 5.56. The lowest BCUT2D eigenvalue weighted by atomic mass is 10.1. The molecule has 0 saturated heterocycles. The highest BCUT2D eigenvalue weighted by Crippen LogP contribution is 2.40. The Kier molecular flexibility index (Phi) is 4.14. The van der Waals surface area contributed by atoms with Crippen LogP contribution in [0.15, 0.2) is 6.07 Å². The van der Waals surface area contributed by atoms with Gasteiger partial charge in [0.1, 0.15) is 0 Å². The van der Waals surface area contributed by atoms with E-state index in [1.165, 1.54) is 14.2 Å². The molecule has 0 saturated carbocycles. The number of aliphatic hydroxyl groups is 1. The summed E-state index contributed by atoms with van der Waals surface area (Å²) in [6, 6.07) is 1.13. The van der Waals surface area contributed by atoms with Gasteiger partial charge in [-0.25, -0.2) is 9.18 Å². The molecule has 1 atom stereocenters. The summed E-state index contributed by atoms with van der Waals surface area (Å²) in [5, 5.41) is 17.7. The maximum absolute atomic E-state index is 13.7. The van der Waals surface area contributed by atoms with E-state index in [-0.39, 0.29) is 16.5 Å². The standard InChI is InChI=1S/C10H10ClFO5/c1-16-5-3-4(11)7(12)6(9(5)17-2)8(13)10(14)15/h3,8,13H,1-2H3,(H,14,15). The quantitative estimate of drug-likeness (QED) is 0.864. The lowest BCUT2D eigenvalue weighted by Gasteiger charge is -2.16. The Morgan fingerprint density at radius 3 is 2.47 bits per heavy atom. The van der Waals surface area contributed by atoms with Crippen LogP contribution in [0, 0.1) is 5.82 Å². The van der Waals surface area contributed by atoms with Crippen LogP contribution in [0.1, 0.15) is 11.7 Å². The molecule has 2 N–H and O–H groups in total. The third-order valence-corrected chi connectivity index (χ3v) is 2.38. The number of carboxylic acid groups (broad SMARTS) is 1. The molecule has 0 aromatic heterocycles. The normalized spacial score (nSPS) is 12.1. The zero-order valence-electron chi connectivity index (χ0n) is 9.03. The Morgan fingerprint density at radius 1 is 1.47 bits per heavy atom. The van der Waals surface area contributed by atoms with Gasteiger partial charge in [0.25, 0.3) is 0 Å². The molecule has 1 unspecified atom stereocenters. The molecule has 0 radical (unpaired) electrons. The topological polar surface area (TPSA) is 76.0 Å². The van der Waals surface area contributed by atoms with Crippen molar-refractivity contribution in [3.63, 3.8) is 0 Å². The van der Waals surface area contributed by atoms with Crippen molar-refractivity contribution >= 4 is 17.6 Å². The van der Waals surface area contributed by atoms with Crippen molar-refractivity contribution in [2.24, 2.45) is 0 Å². The molecule has 0 amide bonds. The minimum absolute atomic E-state index is 0.0363. The summed E-state index contributed by atoms with van der Waals surface area (Å²) in [6.45, 7) is 0. The Morgan fingerprint density at radius 2 is 2.06 bits per heavy atom. The molecular formula is C10H10ClFO5. The van der Waals surface area contributed by atoms with Crippen LogP contribution in [0.3, 0.4) is 0 Å². The third-order valence-electron chi connectivity index (χ3n) is 2.10. The van der Waals surface area contributed by atoms with Gasteiger partial charge in [-0.15, -0.1) is 0 Å². The average Bonchev–Trinajstić information content (AvgIpc) is 2.30. The third kappa shape index (κ3) is 2.42. The van der Waals surface area contributed by atoms with Crippen LogP contribution in [0.5, 0.6) is 11.5 Å². The summed E-state index contributed by atoms with van der Waals surface area (Å²) in [6.07, 6.45) is -2.09. The fraction of sp³-hybridized carbons (Fsp3) is 0.300. The van der Waals surface area contributed by atoms with Crippen LogP contribution in [0.4, 0.5) is 4.39 Å². The molecule has 0 fully saturated rings. The summed E-state index contributed by atoms with van der Waals surface area (Å²) in [4.78, 5) is 10.7. The molecule has 0 aliphatic carbocycles. The van der Waals surface area contributed by atoms with Crippen molar-refractivity contribution in [2.75, 3.05) is 14.2 Å². The molecule has 17 heavy (non-hydrogen) atoms. The van der Waals surface area contributed by atoms with Crippen molar-refractivity contribution in [2.45, 2.75) is 6.10 Å². The molecule has 0 heterocycles. The number of ether oxygens (including phenoxy) is 2. The second-order valence-electron chi connectivity index (χ2n) is 3.06. The van der Waals surface area contributed by atoms with E-state index in [0.717, 1.165) is 6.07 Å². The molecule has 5 nitrogen and oxygen atoms in total. The molecule has 0 spiro atoms. The highest BCUT2D eigenvalue weighted by molar-refractivity contribution is 6.31. The van der Waals surface area contributed by atoms with E-state index in [2.05, 4.69) is 0 Å². The van der Waals surface area contributed by atoms with Crippen LogP contribution in [-0.2, 0) is 4.79 Å². The highest BCUT2D eigenvalue weighted by Gasteiger charge is 2.29. The number of hydrogen-bond donors (Lipinski definition) is 2.